The van der Waals surface area contributed by atoms with E-state index in [4.69, 9.17) is 9.47 Å². The number of epoxide rings is 2. The summed E-state index contributed by atoms with van der Waals surface area (Å²) < 4.78 is 11.4. The van der Waals surface area contributed by atoms with Crippen LogP contribution in [0.5, 0.6) is 0 Å². The van der Waals surface area contributed by atoms with E-state index in [1.54, 1.807) is 0 Å². The molecule has 2 aliphatic carbocycles. The first-order valence-corrected chi connectivity index (χ1v) is 7.45. The third-order valence-electron chi connectivity index (χ3n) is 6.51. The molecule has 4 rings (SSSR count). The van der Waals surface area contributed by atoms with Gasteiger partial charge in [-0.05, 0) is 56.3 Å². The molecule has 0 aromatic heterocycles. The molecule has 6 atom stereocenters. The second kappa shape index (κ2) is 3.31. The van der Waals surface area contributed by atoms with Gasteiger partial charge in [-0.3, -0.25) is 0 Å². The zero-order chi connectivity index (χ0) is 12.6. The summed E-state index contributed by atoms with van der Waals surface area (Å²) in [4.78, 5) is 0. The van der Waals surface area contributed by atoms with Crippen LogP contribution in [0.1, 0.15) is 46.0 Å². The fourth-order valence-corrected chi connectivity index (χ4v) is 4.78. The Bertz CT molecular complexity index is 370. The maximum atomic E-state index is 10.3. The first-order valence-electron chi connectivity index (χ1n) is 7.45. The van der Waals surface area contributed by atoms with E-state index in [0.29, 0.717) is 17.3 Å². The average Bonchev–Trinajstić information content (AvgIpc) is 3.23. The van der Waals surface area contributed by atoms with Crippen molar-refractivity contribution < 1.29 is 14.6 Å². The summed E-state index contributed by atoms with van der Waals surface area (Å²) in [5.41, 5.74) is 0.341. The molecule has 2 saturated carbocycles. The molecule has 2 heterocycles. The van der Waals surface area contributed by atoms with Crippen LogP contribution in [0.15, 0.2) is 0 Å². The Kier molecular flexibility index (Phi) is 2.15. The molecule has 18 heavy (non-hydrogen) atoms. The van der Waals surface area contributed by atoms with Crippen molar-refractivity contribution >= 4 is 0 Å². The molecular formula is C15H24O3. The topological polar surface area (TPSA) is 45.3 Å². The smallest absolute Gasteiger partial charge is 0.121 e. The lowest BCUT2D eigenvalue weighted by Gasteiger charge is -2.52. The van der Waals surface area contributed by atoms with E-state index in [2.05, 4.69) is 13.8 Å². The Morgan fingerprint density at radius 1 is 1.06 bits per heavy atom. The Morgan fingerprint density at radius 3 is 2.33 bits per heavy atom. The largest absolute Gasteiger partial charge is 0.390 e. The summed E-state index contributed by atoms with van der Waals surface area (Å²) in [7, 11) is 0. The SMILES string of the molecule is C[C@]12CC[C@@H]([C@]3(C)CO3)C[C@@H]1[C@]1(CO1)[C@@H](O)CC2. The van der Waals surface area contributed by atoms with E-state index in [1.807, 2.05) is 0 Å². The molecule has 4 fully saturated rings. The summed E-state index contributed by atoms with van der Waals surface area (Å²) in [5.74, 6) is 1.20. The van der Waals surface area contributed by atoms with Crippen LogP contribution < -0.4 is 0 Å². The summed E-state index contributed by atoms with van der Waals surface area (Å²) in [6.07, 6.45) is 5.60. The number of hydrogen-bond acceptors (Lipinski definition) is 3. The van der Waals surface area contributed by atoms with Gasteiger partial charge >= 0.3 is 0 Å². The molecule has 1 N–H and O–H groups in total. The lowest BCUT2D eigenvalue weighted by Crippen LogP contribution is -2.54. The monoisotopic (exact) mass is 252 g/mol. The van der Waals surface area contributed by atoms with Gasteiger partial charge in [0.05, 0.1) is 24.9 Å². The Hall–Kier alpha value is -0.120. The third-order valence-corrected chi connectivity index (χ3v) is 6.51. The maximum absolute atomic E-state index is 10.3. The van der Waals surface area contributed by atoms with Crippen molar-refractivity contribution in [3.8, 4) is 0 Å². The molecule has 2 saturated heterocycles. The van der Waals surface area contributed by atoms with Gasteiger partial charge in [-0.15, -0.1) is 0 Å². The van der Waals surface area contributed by atoms with Crippen LogP contribution in [0.3, 0.4) is 0 Å². The lowest BCUT2D eigenvalue weighted by atomic mass is 9.53. The predicted molar refractivity (Wildman–Crippen MR) is 67.2 cm³/mol. The Labute approximate surface area is 109 Å². The van der Waals surface area contributed by atoms with Crippen LogP contribution in [-0.2, 0) is 9.47 Å². The number of rotatable bonds is 1. The van der Waals surface area contributed by atoms with Gasteiger partial charge in [0.2, 0.25) is 0 Å². The molecule has 1 spiro atoms. The van der Waals surface area contributed by atoms with Gasteiger partial charge in [-0.25, -0.2) is 0 Å². The zero-order valence-electron chi connectivity index (χ0n) is 11.4. The third kappa shape index (κ3) is 1.41. The summed E-state index contributed by atoms with van der Waals surface area (Å²) in [5, 5.41) is 10.3. The minimum atomic E-state index is -0.234. The van der Waals surface area contributed by atoms with Crippen molar-refractivity contribution in [2.75, 3.05) is 13.2 Å². The van der Waals surface area contributed by atoms with Crippen molar-refractivity contribution in [1.29, 1.82) is 0 Å². The highest BCUT2D eigenvalue weighted by Gasteiger charge is 2.66. The Morgan fingerprint density at radius 2 is 1.72 bits per heavy atom. The standard InChI is InChI=1S/C15H24O3/c1-13-5-3-10(14(2)8-17-14)7-11(13)15(9-18-15)12(16)4-6-13/h10-12,16H,3-9H2,1-2H3/t10-,11+,12+,13-,14+,15-/m1/s1. The zero-order valence-corrected chi connectivity index (χ0v) is 11.4. The van der Waals surface area contributed by atoms with Crippen molar-refractivity contribution in [3.05, 3.63) is 0 Å². The number of aliphatic hydroxyl groups excluding tert-OH is 1. The maximum Gasteiger partial charge on any atom is 0.121 e. The van der Waals surface area contributed by atoms with Gasteiger partial charge in [-0.2, -0.15) is 0 Å². The highest BCUT2D eigenvalue weighted by atomic mass is 16.6. The molecule has 3 nitrogen and oxygen atoms in total. The molecule has 102 valence electrons. The molecule has 0 radical (unpaired) electrons. The van der Waals surface area contributed by atoms with Crippen LogP contribution in [0, 0.1) is 17.3 Å². The quantitative estimate of drug-likeness (QED) is 0.727. The van der Waals surface area contributed by atoms with Gasteiger partial charge in [0.1, 0.15) is 5.60 Å². The number of aliphatic hydroxyl groups is 1. The molecule has 0 bridgehead atoms. The van der Waals surface area contributed by atoms with Crippen molar-refractivity contribution in [1.82, 2.24) is 0 Å². The van der Waals surface area contributed by atoms with Crippen LogP contribution in [0.4, 0.5) is 0 Å². The van der Waals surface area contributed by atoms with Crippen molar-refractivity contribution in [2.45, 2.75) is 63.3 Å². The van der Waals surface area contributed by atoms with Crippen molar-refractivity contribution in [2.24, 2.45) is 17.3 Å². The molecule has 4 aliphatic rings. The van der Waals surface area contributed by atoms with Crippen LogP contribution in [0.2, 0.25) is 0 Å². The van der Waals surface area contributed by atoms with E-state index in [-0.39, 0.29) is 17.3 Å². The second-order valence-corrected chi connectivity index (χ2v) is 7.58. The molecular weight excluding hydrogens is 228 g/mol. The number of ether oxygens (including phenoxy) is 2. The van der Waals surface area contributed by atoms with Gasteiger partial charge in [0.25, 0.3) is 0 Å². The molecule has 0 unspecified atom stereocenters. The van der Waals surface area contributed by atoms with E-state index in [0.717, 1.165) is 26.1 Å². The molecule has 0 aromatic carbocycles. The number of hydrogen-bond donors (Lipinski definition) is 1. The predicted octanol–water partition coefficient (Wildman–Crippen LogP) is 2.12. The van der Waals surface area contributed by atoms with Gasteiger partial charge in [0.15, 0.2) is 0 Å². The van der Waals surface area contributed by atoms with E-state index in [9.17, 15) is 5.11 Å². The summed E-state index contributed by atoms with van der Waals surface area (Å²) >= 11 is 0. The highest BCUT2D eigenvalue weighted by Crippen LogP contribution is 2.62. The fourth-order valence-electron chi connectivity index (χ4n) is 4.78. The lowest BCUT2D eigenvalue weighted by molar-refractivity contribution is -0.0964. The van der Waals surface area contributed by atoms with Crippen molar-refractivity contribution in [3.63, 3.8) is 0 Å². The Balaban J connectivity index is 1.62. The van der Waals surface area contributed by atoms with Gasteiger partial charge in [0, 0.05) is 0 Å². The molecule has 3 heteroatoms. The minimum Gasteiger partial charge on any atom is -0.390 e. The van der Waals surface area contributed by atoms with Gasteiger partial charge < -0.3 is 14.6 Å². The molecule has 0 amide bonds. The van der Waals surface area contributed by atoms with Gasteiger partial charge in [-0.1, -0.05) is 6.92 Å². The normalized spacial score (nSPS) is 62.5. The van der Waals surface area contributed by atoms with E-state index >= 15 is 0 Å². The fraction of sp³-hybridized carbons (Fsp3) is 1.00. The minimum absolute atomic E-state index is 0.139. The first-order chi connectivity index (χ1) is 8.49. The second-order valence-electron chi connectivity index (χ2n) is 7.58. The molecule has 2 aliphatic heterocycles. The van der Waals surface area contributed by atoms with Crippen LogP contribution >= 0.6 is 0 Å². The average molecular weight is 252 g/mol. The van der Waals surface area contributed by atoms with E-state index in [1.165, 1.54) is 19.3 Å². The number of fused-ring (bicyclic) bond motifs is 2. The van der Waals surface area contributed by atoms with Crippen LogP contribution in [0.25, 0.3) is 0 Å². The first kappa shape index (κ1) is 11.7. The molecule has 0 aromatic rings. The summed E-state index contributed by atoms with van der Waals surface area (Å²) in [6, 6.07) is 0. The highest BCUT2D eigenvalue weighted by molar-refractivity contribution is 5.15. The van der Waals surface area contributed by atoms with Crippen LogP contribution in [-0.4, -0.2) is 35.6 Å². The van der Waals surface area contributed by atoms with E-state index < -0.39 is 0 Å². The summed E-state index contributed by atoms with van der Waals surface area (Å²) in [6.45, 7) is 6.37.